The summed E-state index contributed by atoms with van der Waals surface area (Å²) in [4.78, 5) is 0. The standard InChI is InChI=1S/C12H12ClF3N2O2S/c1-8(5-13)7-21(19,20)18-11-3-2-10(12(14,15)16)4-9(11)6-17/h2-4,8,18H,5,7H2,1H3. The molecule has 0 heterocycles. The van der Waals surface area contributed by atoms with Gasteiger partial charge in [0.2, 0.25) is 10.0 Å². The Morgan fingerprint density at radius 1 is 1.43 bits per heavy atom. The number of nitriles is 1. The van der Waals surface area contributed by atoms with Crippen LogP contribution >= 0.6 is 11.6 Å². The molecule has 9 heteroatoms. The summed E-state index contributed by atoms with van der Waals surface area (Å²) in [5.41, 5.74) is -1.60. The van der Waals surface area contributed by atoms with Crippen LogP contribution in [0.1, 0.15) is 18.1 Å². The first-order valence-electron chi connectivity index (χ1n) is 5.77. The molecule has 0 radical (unpaired) electrons. The lowest BCUT2D eigenvalue weighted by molar-refractivity contribution is -0.137. The molecule has 0 fully saturated rings. The number of anilines is 1. The quantitative estimate of drug-likeness (QED) is 0.837. The molecule has 116 valence electrons. The van der Waals surface area contributed by atoms with Gasteiger partial charge in [-0.2, -0.15) is 18.4 Å². The van der Waals surface area contributed by atoms with E-state index in [2.05, 4.69) is 4.72 Å². The molecule has 0 saturated heterocycles. The van der Waals surface area contributed by atoms with Crippen molar-refractivity contribution >= 4 is 27.3 Å². The number of alkyl halides is 4. The molecule has 1 aromatic rings. The zero-order valence-electron chi connectivity index (χ0n) is 10.9. The van der Waals surface area contributed by atoms with Crippen LogP contribution in [-0.4, -0.2) is 20.1 Å². The van der Waals surface area contributed by atoms with Gasteiger partial charge in [-0.25, -0.2) is 8.42 Å². The summed E-state index contributed by atoms with van der Waals surface area (Å²) in [6.07, 6.45) is -4.60. The van der Waals surface area contributed by atoms with Gasteiger partial charge in [-0.3, -0.25) is 4.72 Å². The number of halogens is 4. The molecule has 0 aliphatic heterocycles. The van der Waals surface area contributed by atoms with Crippen LogP contribution in [0, 0.1) is 17.2 Å². The third-order valence-electron chi connectivity index (χ3n) is 2.50. The lowest BCUT2D eigenvalue weighted by Gasteiger charge is -2.13. The van der Waals surface area contributed by atoms with Crippen LogP contribution in [0.5, 0.6) is 0 Å². The molecule has 0 saturated carbocycles. The Hall–Kier alpha value is -1.46. The number of benzene rings is 1. The van der Waals surface area contributed by atoms with Crippen molar-refractivity contribution in [1.29, 1.82) is 5.26 Å². The number of sulfonamides is 1. The summed E-state index contributed by atoms with van der Waals surface area (Å²) in [7, 11) is -3.79. The van der Waals surface area contributed by atoms with Gasteiger partial charge in [0.05, 0.1) is 22.6 Å². The molecule has 0 aliphatic rings. The van der Waals surface area contributed by atoms with Crippen molar-refractivity contribution in [3.8, 4) is 6.07 Å². The molecule has 1 unspecified atom stereocenters. The van der Waals surface area contributed by atoms with Crippen LogP contribution < -0.4 is 4.72 Å². The maximum Gasteiger partial charge on any atom is 0.416 e. The average molecular weight is 341 g/mol. The van der Waals surface area contributed by atoms with Crippen molar-refractivity contribution in [2.75, 3.05) is 16.4 Å². The van der Waals surface area contributed by atoms with Gasteiger partial charge >= 0.3 is 6.18 Å². The van der Waals surface area contributed by atoms with Crippen LogP contribution in [0.3, 0.4) is 0 Å². The number of nitrogens with one attached hydrogen (secondary N) is 1. The van der Waals surface area contributed by atoms with Crippen LogP contribution in [0.15, 0.2) is 18.2 Å². The van der Waals surface area contributed by atoms with Gasteiger partial charge in [-0.05, 0) is 24.1 Å². The Bertz CT molecular complexity index is 653. The highest BCUT2D eigenvalue weighted by Gasteiger charge is 2.31. The fraction of sp³-hybridized carbons (Fsp3) is 0.417. The van der Waals surface area contributed by atoms with E-state index in [4.69, 9.17) is 16.9 Å². The predicted molar refractivity (Wildman–Crippen MR) is 73.5 cm³/mol. The average Bonchev–Trinajstić information content (AvgIpc) is 2.36. The van der Waals surface area contributed by atoms with E-state index in [-0.39, 0.29) is 23.2 Å². The van der Waals surface area contributed by atoms with E-state index < -0.39 is 27.3 Å². The van der Waals surface area contributed by atoms with E-state index in [0.717, 1.165) is 6.07 Å². The van der Waals surface area contributed by atoms with Crippen molar-refractivity contribution in [3.05, 3.63) is 29.3 Å². The molecular weight excluding hydrogens is 329 g/mol. The Balaban J connectivity index is 3.08. The van der Waals surface area contributed by atoms with Crippen molar-refractivity contribution in [2.45, 2.75) is 13.1 Å². The van der Waals surface area contributed by atoms with E-state index in [1.165, 1.54) is 0 Å². The van der Waals surface area contributed by atoms with E-state index in [0.29, 0.717) is 12.1 Å². The fourth-order valence-corrected chi connectivity index (χ4v) is 3.23. The first-order chi connectivity index (χ1) is 9.59. The Morgan fingerprint density at radius 2 is 2.05 bits per heavy atom. The number of hydrogen-bond acceptors (Lipinski definition) is 3. The highest BCUT2D eigenvalue weighted by molar-refractivity contribution is 7.92. The zero-order chi connectivity index (χ0) is 16.3. The maximum absolute atomic E-state index is 12.5. The SMILES string of the molecule is CC(CCl)CS(=O)(=O)Nc1ccc(C(F)(F)F)cc1C#N. The molecule has 4 nitrogen and oxygen atoms in total. The summed E-state index contributed by atoms with van der Waals surface area (Å²) in [6.45, 7) is 1.62. The molecule has 0 aromatic heterocycles. The van der Waals surface area contributed by atoms with Gasteiger partial charge < -0.3 is 0 Å². The second-order valence-electron chi connectivity index (χ2n) is 4.51. The molecule has 0 aliphatic carbocycles. The molecular formula is C12H12ClF3N2O2S. The van der Waals surface area contributed by atoms with Gasteiger partial charge in [0, 0.05) is 5.88 Å². The summed E-state index contributed by atoms with van der Waals surface area (Å²) >= 11 is 5.52. The van der Waals surface area contributed by atoms with Crippen molar-refractivity contribution in [2.24, 2.45) is 5.92 Å². The first kappa shape index (κ1) is 17.6. The highest BCUT2D eigenvalue weighted by atomic mass is 35.5. The van der Waals surface area contributed by atoms with Crippen molar-refractivity contribution < 1.29 is 21.6 Å². The molecule has 21 heavy (non-hydrogen) atoms. The predicted octanol–water partition coefficient (Wildman–Crippen LogP) is 3.19. The molecule has 0 amide bonds. The molecule has 1 aromatic carbocycles. The number of hydrogen-bond donors (Lipinski definition) is 1. The van der Waals surface area contributed by atoms with Crippen LogP contribution in [-0.2, 0) is 16.2 Å². The zero-order valence-corrected chi connectivity index (χ0v) is 12.5. The van der Waals surface area contributed by atoms with Crippen LogP contribution in [0.2, 0.25) is 0 Å². The van der Waals surface area contributed by atoms with Gasteiger partial charge in [0.25, 0.3) is 0 Å². The third-order valence-corrected chi connectivity index (χ3v) is 4.57. The van der Waals surface area contributed by atoms with Crippen LogP contribution in [0.4, 0.5) is 18.9 Å². The smallest absolute Gasteiger partial charge is 0.282 e. The topological polar surface area (TPSA) is 70.0 Å². The van der Waals surface area contributed by atoms with Crippen molar-refractivity contribution in [3.63, 3.8) is 0 Å². The largest absolute Gasteiger partial charge is 0.416 e. The minimum Gasteiger partial charge on any atom is -0.282 e. The summed E-state index contributed by atoms with van der Waals surface area (Å²) in [6, 6.07) is 3.78. The minimum atomic E-state index is -4.60. The lowest BCUT2D eigenvalue weighted by atomic mass is 10.1. The Labute approximate surface area is 125 Å². The minimum absolute atomic E-state index is 0.124. The normalized spacial score (nSPS) is 13.5. The van der Waals surface area contributed by atoms with Gasteiger partial charge in [0.15, 0.2) is 0 Å². The third kappa shape index (κ3) is 5.10. The maximum atomic E-state index is 12.5. The van der Waals surface area contributed by atoms with Gasteiger partial charge in [0.1, 0.15) is 6.07 Å². The molecule has 1 N–H and O–H groups in total. The van der Waals surface area contributed by atoms with E-state index >= 15 is 0 Å². The van der Waals surface area contributed by atoms with Gasteiger partial charge in [-0.1, -0.05) is 6.92 Å². The lowest BCUT2D eigenvalue weighted by Crippen LogP contribution is -2.22. The fourth-order valence-electron chi connectivity index (χ4n) is 1.53. The highest BCUT2D eigenvalue weighted by Crippen LogP contribution is 2.31. The summed E-state index contributed by atoms with van der Waals surface area (Å²) in [5.74, 6) is -0.495. The number of rotatable bonds is 5. The monoisotopic (exact) mass is 340 g/mol. The molecule has 1 atom stereocenters. The molecule has 0 bridgehead atoms. The first-order valence-corrected chi connectivity index (χ1v) is 7.95. The molecule has 1 rings (SSSR count). The van der Waals surface area contributed by atoms with Gasteiger partial charge in [-0.15, -0.1) is 11.6 Å². The Kier molecular flexibility index (Phi) is 5.48. The Morgan fingerprint density at radius 3 is 2.52 bits per heavy atom. The van der Waals surface area contributed by atoms with E-state index in [1.54, 1.807) is 13.0 Å². The summed E-state index contributed by atoms with van der Waals surface area (Å²) < 4.78 is 63.3. The van der Waals surface area contributed by atoms with Crippen molar-refractivity contribution in [1.82, 2.24) is 0 Å². The second kappa shape index (κ2) is 6.54. The number of nitrogens with zero attached hydrogens (tertiary/aromatic N) is 1. The molecule has 0 spiro atoms. The summed E-state index contributed by atoms with van der Waals surface area (Å²) in [5, 5.41) is 8.86. The second-order valence-corrected chi connectivity index (χ2v) is 6.59. The van der Waals surface area contributed by atoms with Crippen LogP contribution in [0.25, 0.3) is 0 Å². The van der Waals surface area contributed by atoms with E-state index in [9.17, 15) is 21.6 Å². The van der Waals surface area contributed by atoms with E-state index in [1.807, 2.05) is 0 Å².